The van der Waals surface area contributed by atoms with Crippen molar-refractivity contribution in [3.63, 3.8) is 0 Å². The molecule has 2 aromatic rings. The van der Waals surface area contributed by atoms with Crippen LogP contribution in [0.5, 0.6) is 5.75 Å². The molecule has 2 heterocycles. The lowest BCUT2D eigenvalue weighted by atomic mass is 10.2. The van der Waals surface area contributed by atoms with Crippen LogP contribution in [0.25, 0.3) is 0 Å². The van der Waals surface area contributed by atoms with Gasteiger partial charge in [0.2, 0.25) is 5.95 Å². The van der Waals surface area contributed by atoms with Crippen LogP contribution >= 0.6 is 0 Å². The molecule has 1 saturated heterocycles. The zero-order valence-corrected chi connectivity index (χ0v) is 14.4. The lowest BCUT2D eigenvalue weighted by Gasteiger charge is -2.11. The number of benzene rings is 1. The maximum Gasteiger partial charge on any atom is 0.254 e. The summed E-state index contributed by atoms with van der Waals surface area (Å²) < 4.78 is 27.9. The summed E-state index contributed by atoms with van der Waals surface area (Å²) >= 11 is 0. The zero-order chi connectivity index (χ0) is 17.9. The Kier molecular flexibility index (Phi) is 4.84. The molecule has 1 fully saturated rings. The van der Waals surface area contributed by atoms with E-state index in [1.54, 1.807) is 19.2 Å². The number of methoxy groups -OCH3 is 1. The second kappa shape index (κ2) is 7.06. The van der Waals surface area contributed by atoms with Gasteiger partial charge >= 0.3 is 0 Å². The number of anilines is 2. The topological polar surface area (TPSA) is 110 Å². The van der Waals surface area contributed by atoms with Crippen molar-refractivity contribution in [3.8, 4) is 5.75 Å². The van der Waals surface area contributed by atoms with Crippen molar-refractivity contribution >= 4 is 27.4 Å². The molecular formula is C16H18N4O4S. The molecular weight excluding hydrogens is 344 g/mol. The fourth-order valence-electron chi connectivity index (χ4n) is 2.49. The number of carbonyl (C=O) groups excluding carboxylic acids is 1. The number of hydrogen-bond acceptors (Lipinski definition) is 7. The van der Waals surface area contributed by atoms with E-state index in [9.17, 15) is 13.2 Å². The van der Waals surface area contributed by atoms with Gasteiger partial charge in [0.1, 0.15) is 5.75 Å². The molecule has 1 aliphatic heterocycles. The first-order chi connectivity index (χ1) is 11.9. The highest BCUT2D eigenvalue weighted by Gasteiger charge is 2.29. The molecule has 25 heavy (non-hydrogen) atoms. The van der Waals surface area contributed by atoms with Gasteiger partial charge in [-0.05, 0) is 30.7 Å². The normalized spacial score (nSPS) is 18.5. The van der Waals surface area contributed by atoms with E-state index >= 15 is 0 Å². The zero-order valence-electron chi connectivity index (χ0n) is 13.6. The maximum atomic E-state index is 12.1. The minimum atomic E-state index is -3.03. The number of rotatable bonds is 5. The van der Waals surface area contributed by atoms with Crippen molar-refractivity contribution in [2.45, 2.75) is 12.5 Å². The fraction of sp³-hybridized carbons (Fsp3) is 0.312. The van der Waals surface area contributed by atoms with Crippen LogP contribution in [0, 0.1) is 0 Å². The molecule has 0 spiro atoms. The molecule has 3 rings (SSSR count). The summed E-state index contributed by atoms with van der Waals surface area (Å²) in [6, 6.07) is 6.90. The molecule has 8 nitrogen and oxygen atoms in total. The predicted molar refractivity (Wildman–Crippen MR) is 92.8 cm³/mol. The van der Waals surface area contributed by atoms with Gasteiger partial charge in [0, 0.05) is 24.1 Å². The first-order valence-electron chi connectivity index (χ1n) is 7.69. The van der Waals surface area contributed by atoms with E-state index in [-0.39, 0.29) is 29.0 Å². The molecule has 0 aliphatic carbocycles. The van der Waals surface area contributed by atoms with E-state index in [1.807, 2.05) is 12.1 Å². The number of amides is 1. The third-order valence-corrected chi connectivity index (χ3v) is 5.60. The standard InChI is InChI=1S/C16H18N4O4S/c1-24-14-4-2-12(3-5-14)20-16-17-8-11(9-18-16)15(21)19-13-6-7-25(22,23)10-13/h2-5,8-9,13H,6-7,10H2,1H3,(H,19,21)(H,17,18,20). The highest BCUT2D eigenvalue weighted by atomic mass is 32.2. The Bertz CT molecular complexity index is 851. The number of nitrogens with one attached hydrogen (secondary N) is 2. The Balaban J connectivity index is 1.60. The lowest BCUT2D eigenvalue weighted by Crippen LogP contribution is -2.35. The monoisotopic (exact) mass is 362 g/mol. The number of carbonyl (C=O) groups is 1. The lowest BCUT2D eigenvalue weighted by molar-refractivity contribution is 0.0940. The highest BCUT2D eigenvalue weighted by Crippen LogP contribution is 2.17. The highest BCUT2D eigenvalue weighted by molar-refractivity contribution is 7.91. The van der Waals surface area contributed by atoms with Crippen LogP contribution in [0.15, 0.2) is 36.7 Å². The smallest absolute Gasteiger partial charge is 0.254 e. The van der Waals surface area contributed by atoms with Crippen molar-refractivity contribution in [1.82, 2.24) is 15.3 Å². The van der Waals surface area contributed by atoms with Gasteiger partial charge in [-0.15, -0.1) is 0 Å². The molecule has 1 aliphatic rings. The molecule has 132 valence electrons. The Labute approximate surface area is 145 Å². The summed E-state index contributed by atoms with van der Waals surface area (Å²) in [7, 11) is -1.44. The average Bonchev–Trinajstić information content (AvgIpc) is 2.94. The van der Waals surface area contributed by atoms with Crippen LogP contribution in [0.1, 0.15) is 16.8 Å². The molecule has 0 bridgehead atoms. The van der Waals surface area contributed by atoms with Gasteiger partial charge in [0.25, 0.3) is 5.91 Å². The van der Waals surface area contributed by atoms with Gasteiger partial charge in [-0.25, -0.2) is 18.4 Å². The quantitative estimate of drug-likeness (QED) is 0.821. The summed E-state index contributed by atoms with van der Waals surface area (Å²) in [6.07, 6.45) is 3.24. The molecule has 1 atom stereocenters. The SMILES string of the molecule is COc1ccc(Nc2ncc(C(=O)NC3CCS(=O)(=O)C3)cn2)cc1. The number of aromatic nitrogens is 2. The minimum absolute atomic E-state index is 0.0172. The van der Waals surface area contributed by atoms with Crippen LogP contribution in [0.4, 0.5) is 11.6 Å². The van der Waals surface area contributed by atoms with Crippen LogP contribution in [-0.2, 0) is 9.84 Å². The number of ether oxygens (including phenoxy) is 1. The minimum Gasteiger partial charge on any atom is -0.497 e. The molecule has 1 aromatic carbocycles. The van der Waals surface area contributed by atoms with E-state index < -0.39 is 9.84 Å². The Morgan fingerprint density at radius 3 is 2.44 bits per heavy atom. The Morgan fingerprint density at radius 2 is 1.88 bits per heavy atom. The van der Waals surface area contributed by atoms with Crippen molar-refractivity contribution < 1.29 is 17.9 Å². The maximum absolute atomic E-state index is 12.1. The van der Waals surface area contributed by atoms with Crippen molar-refractivity contribution in [3.05, 3.63) is 42.2 Å². The third kappa shape index (κ3) is 4.44. The first-order valence-corrected chi connectivity index (χ1v) is 9.52. The van der Waals surface area contributed by atoms with E-state index in [1.165, 1.54) is 12.4 Å². The van der Waals surface area contributed by atoms with Gasteiger partial charge in [0.15, 0.2) is 9.84 Å². The van der Waals surface area contributed by atoms with Gasteiger partial charge in [-0.3, -0.25) is 4.79 Å². The van der Waals surface area contributed by atoms with Gasteiger partial charge in [-0.1, -0.05) is 0 Å². The van der Waals surface area contributed by atoms with E-state index in [0.29, 0.717) is 12.4 Å². The molecule has 1 aromatic heterocycles. The average molecular weight is 362 g/mol. The summed E-state index contributed by atoms with van der Waals surface area (Å²) in [4.78, 5) is 20.3. The predicted octanol–water partition coefficient (Wildman–Crippen LogP) is 1.15. The van der Waals surface area contributed by atoms with E-state index in [4.69, 9.17) is 4.74 Å². The van der Waals surface area contributed by atoms with Crippen LogP contribution in [-0.4, -0.2) is 49.0 Å². The van der Waals surface area contributed by atoms with Crippen molar-refractivity contribution in [2.24, 2.45) is 0 Å². The second-order valence-electron chi connectivity index (χ2n) is 5.72. The van der Waals surface area contributed by atoms with Gasteiger partial charge in [0.05, 0.1) is 24.2 Å². The van der Waals surface area contributed by atoms with Crippen LogP contribution < -0.4 is 15.4 Å². The number of hydrogen-bond donors (Lipinski definition) is 2. The third-order valence-electron chi connectivity index (χ3n) is 3.83. The molecule has 0 radical (unpaired) electrons. The first kappa shape index (κ1) is 17.2. The van der Waals surface area contributed by atoms with Crippen LogP contribution in [0.2, 0.25) is 0 Å². The molecule has 9 heteroatoms. The number of nitrogens with zero attached hydrogens (tertiary/aromatic N) is 2. The van der Waals surface area contributed by atoms with Crippen molar-refractivity contribution in [1.29, 1.82) is 0 Å². The molecule has 1 unspecified atom stereocenters. The summed E-state index contributed by atoms with van der Waals surface area (Å²) in [6.45, 7) is 0. The second-order valence-corrected chi connectivity index (χ2v) is 7.95. The van der Waals surface area contributed by atoms with E-state index in [0.717, 1.165) is 11.4 Å². The van der Waals surface area contributed by atoms with Gasteiger partial charge in [-0.2, -0.15) is 0 Å². The summed E-state index contributed by atoms with van der Waals surface area (Å²) in [5.41, 5.74) is 1.07. The fourth-order valence-corrected chi connectivity index (χ4v) is 4.16. The van der Waals surface area contributed by atoms with Crippen molar-refractivity contribution in [2.75, 3.05) is 23.9 Å². The van der Waals surface area contributed by atoms with Crippen LogP contribution in [0.3, 0.4) is 0 Å². The molecule has 2 N–H and O–H groups in total. The number of sulfone groups is 1. The Morgan fingerprint density at radius 1 is 1.20 bits per heavy atom. The van der Waals surface area contributed by atoms with E-state index in [2.05, 4.69) is 20.6 Å². The largest absolute Gasteiger partial charge is 0.497 e. The molecule has 0 saturated carbocycles. The summed E-state index contributed by atoms with van der Waals surface area (Å²) in [5.74, 6) is 0.811. The molecule has 1 amide bonds. The van der Waals surface area contributed by atoms with Gasteiger partial charge < -0.3 is 15.4 Å². The summed E-state index contributed by atoms with van der Waals surface area (Å²) in [5, 5.41) is 5.72. The Hall–Kier alpha value is -2.68.